The molecule has 0 fully saturated rings. The first-order valence-electron chi connectivity index (χ1n) is 3.57. The highest BCUT2D eigenvalue weighted by atomic mass is 32.2. The molecule has 0 aromatic rings. The van der Waals surface area contributed by atoms with Gasteiger partial charge in [-0.3, -0.25) is 0 Å². The van der Waals surface area contributed by atoms with Crippen molar-refractivity contribution in [2.45, 2.75) is 26.2 Å². The highest BCUT2D eigenvalue weighted by Gasteiger charge is 1.86. The zero-order valence-electron chi connectivity index (χ0n) is 6.06. The number of rotatable bonds is 6. The van der Waals surface area contributed by atoms with Crippen molar-refractivity contribution in [2.24, 2.45) is 0 Å². The molecule has 0 saturated carbocycles. The van der Waals surface area contributed by atoms with Crippen LogP contribution < -0.4 is 0 Å². The van der Waals surface area contributed by atoms with Crippen LogP contribution in [-0.4, -0.2) is 17.3 Å². The molecule has 0 unspecified atom stereocenters. The summed E-state index contributed by atoms with van der Waals surface area (Å²) in [6, 6.07) is 0. The highest BCUT2D eigenvalue weighted by molar-refractivity contribution is 7.99. The van der Waals surface area contributed by atoms with Crippen molar-refractivity contribution in [1.82, 2.24) is 0 Å². The molecule has 0 spiro atoms. The minimum atomic E-state index is 0.913. The van der Waals surface area contributed by atoms with Gasteiger partial charge in [-0.05, 0) is 12.2 Å². The second-order valence-corrected chi connectivity index (χ2v) is 3.66. The van der Waals surface area contributed by atoms with Gasteiger partial charge in [0.1, 0.15) is 0 Å². The summed E-state index contributed by atoms with van der Waals surface area (Å²) in [5, 5.41) is 0. The fourth-order valence-electron chi connectivity index (χ4n) is 0.615. The lowest BCUT2D eigenvalue weighted by Gasteiger charge is -1.95. The van der Waals surface area contributed by atoms with E-state index >= 15 is 0 Å². The Balaban J connectivity index is 2.60. The molecule has 0 aromatic heterocycles. The second kappa shape index (κ2) is 8.70. The van der Waals surface area contributed by atoms with Crippen molar-refractivity contribution in [1.29, 1.82) is 0 Å². The topological polar surface area (TPSA) is 0 Å². The van der Waals surface area contributed by atoms with E-state index in [0.29, 0.717) is 0 Å². The molecule has 0 bridgehead atoms. The molecule has 0 aliphatic carbocycles. The summed E-state index contributed by atoms with van der Waals surface area (Å²) in [5.74, 6) is 3.39. The maximum atomic E-state index is 4.81. The Morgan fingerprint density at radius 2 is 2.00 bits per heavy atom. The van der Waals surface area contributed by atoms with Crippen LogP contribution in [0.3, 0.4) is 0 Å². The summed E-state index contributed by atoms with van der Waals surface area (Å²) in [6.45, 7) is 2.23. The summed E-state index contributed by atoms with van der Waals surface area (Å²) in [4.78, 5) is 0. The van der Waals surface area contributed by atoms with Gasteiger partial charge in [0.05, 0.1) is 0 Å². The van der Waals surface area contributed by atoms with Gasteiger partial charge < -0.3 is 0 Å². The lowest BCUT2D eigenvalue weighted by Crippen LogP contribution is -1.83. The Morgan fingerprint density at radius 3 is 2.56 bits per heavy atom. The van der Waals surface area contributed by atoms with Crippen LogP contribution in [0, 0.1) is 0 Å². The van der Waals surface area contributed by atoms with Crippen molar-refractivity contribution < 1.29 is 0 Å². The maximum absolute atomic E-state index is 4.81. The van der Waals surface area contributed by atoms with Gasteiger partial charge in [-0.25, -0.2) is 0 Å². The SMILES string of the molecule is CCCCCSCC[S]. The summed E-state index contributed by atoms with van der Waals surface area (Å²) < 4.78 is 0. The third-order valence-corrected chi connectivity index (χ3v) is 2.65. The Labute approximate surface area is 68.2 Å². The molecule has 0 N–H and O–H groups in total. The summed E-state index contributed by atoms with van der Waals surface area (Å²) >= 11 is 6.80. The van der Waals surface area contributed by atoms with Crippen molar-refractivity contribution in [3.8, 4) is 0 Å². The predicted octanol–water partition coefficient (Wildman–Crippen LogP) is 3.11. The van der Waals surface area contributed by atoms with Crippen LogP contribution in [0.5, 0.6) is 0 Å². The smallest absolute Gasteiger partial charge is 0.0128 e. The standard InChI is InChI=1S/C7H15S2/c1-2-3-4-6-9-7-5-8/h2-7H2,1H3. The van der Waals surface area contributed by atoms with Gasteiger partial charge in [0, 0.05) is 11.5 Å². The highest BCUT2D eigenvalue weighted by Crippen LogP contribution is 2.05. The normalized spacial score (nSPS) is 10.0. The summed E-state index contributed by atoms with van der Waals surface area (Å²) in [5.41, 5.74) is 0. The first kappa shape index (κ1) is 9.70. The number of thioether (sulfide) groups is 1. The van der Waals surface area contributed by atoms with E-state index in [1.165, 1.54) is 30.8 Å². The molecule has 0 rings (SSSR count). The Morgan fingerprint density at radius 1 is 1.22 bits per heavy atom. The van der Waals surface area contributed by atoms with Crippen molar-refractivity contribution in [2.75, 3.05) is 17.3 Å². The van der Waals surface area contributed by atoms with Crippen molar-refractivity contribution >= 4 is 24.4 Å². The van der Waals surface area contributed by atoms with Gasteiger partial charge in [-0.2, -0.15) is 11.8 Å². The Hall–Kier alpha value is 0.700. The zero-order chi connectivity index (χ0) is 6.95. The van der Waals surface area contributed by atoms with Gasteiger partial charge in [0.2, 0.25) is 0 Å². The van der Waals surface area contributed by atoms with Crippen LogP contribution in [-0.2, 0) is 0 Å². The zero-order valence-corrected chi connectivity index (χ0v) is 7.69. The van der Waals surface area contributed by atoms with E-state index in [0.717, 1.165) is 5.75 Å². The Bertz CT molecular complexity index is 40.2. The van der Waals surface area contributed by atoms with Gasteiger partial charge in [0.15, 0.2) is 0 Å². The molecule has 0 amide bonds. The molecular formula is C7H15S2. The minimum absolute atomic E-state index is 0.913. The van der Waals surface area contributed by atoms with E-state index in [1.807, 2.05) is 11.8 Å². The van der Waals surface area contributed by atoms with Crippen LogP contribution in [0.1, 0.15) is 26.2 Å². The maximum Gasteiger partial charge on any atom is 0.0128 e. The second-order valence-electron chi connectivity index (χ2n) is 2.02. The van der Waals surface area contributed by atoms with Crippen molar-refractivity contribution in [3.05, 3.63) is 0 Å². The molecule has 9 heavy (non-hydrogen) atoms. The lowest BCUT2D eigenvalue weighted by atomic mass is 10.3. The number of hydrogen-bond acceptors (Lipinski definition) is 1. The molecular weight excluding hydrogens is 148 g/mol. The molecule has 55 valence electrons. The molecule has 1 radical (unpaired) electrons. The molecule has 0 saturated heterocycles. The Kier molecular flexibility index (Phi) is 9.38. The van der Waals surface area contributed by atoms with E-state index in [4.69, 9.17) is 12.6 Å². The third kappa shape index (κ3) is 8.70. The fourth-order valence-corrected chi connectivity index (χ4v) is 1.70. The summed E-state index contributed by atoms with van der Waals surface area (Å²) in [6.07, 6.45) is 4.08. The summed E-state index contributed by atoms with van der Waals surface area (Å²) in [7, 11) is 0. The molecule has 0 aliphatic heterocycles. The average molecular weight is 163 g/mol. The first-order valence-corrected chi connectivity index (χ1v) is 5.31. The van der Waals surface area contributed by atoms with Crippen LogP contribution in [0.25, 0.3) is 0 Å². The van der Waals surface area contributed by atoms with Gasteiger partial charge in [0.25, 0.3) is 0 Å². The fraction of sp³-hybridized carbons (Fsp3) is 1.00. The monoisotopic (exact) mass is 163 g/mol. The molecule has 0 aromatic carbocycles. The van der Waals surface area contributed by atoms with Crippen LogP contribution in [0.15, 0.2) is 0 Å². The first-order chi connectivity index (χ1) is 4.41. The number of hydrogen-bond donors (Lipinski definition) is 0. The van der Waals surface area contributed by atoms with Crippen molar-refractivity contribution in [3.63, 3.8) is 0 Å². The molecule has 0 nitrogen and oxygen atoms in total. The molecule has 0 heterocycles. The average Bonchev–Trinajstić information content (AvgIpc) is 1.89. The van der Waals surface area contributed by atoms with E-state index < -0.39 is 0 Å². The van der Waals surface area contributed by atoms with E-state index in [9.17, 15) is 0 Å². The molecule has 2 heteroatoms. The minimum Gasteiger partial charge on any atom is -0.161 e. The largest absolute Gasteiger partial charge is 0.161 e. The van der Waals surface area contributed by atoms with Crippen LogP contribution in [0.4, 0.5) is 0 Å². The molecule has 0 aliphatic rings. The van der Waals surface area contributed by atoms with Gasteiger partial charge >= 0.3 is 0 Å². The van der Waals surface area contributed by atoms with Gasteiger partial charge in [-0.1, -0.05) is 32.4 Å². The lowest BCUT2D eigenvalue weighted by molar-refractivity contribution is 0.779. The van der Waals surface area contributed by atoms with Gasteiger partial charge in [-0.15, -0.1) is 0 Å². The van der Waals surface area contributed by atoms with E-state index in [1.54, 1.807) is 0 Å². The van der Waals surface area contributed by atoms with Crippen LogP contribution >= 0.6 is 24.4 Å². The predicted molar refractivity (Wildman–Crippen MR) is 49.3 cm³/mol. The van der Waals surface area contributed by atoms with E-state index in [-0.39, 0.29) is 0 Å². The quantitative estimate of drug-likeness (QED) is 0.542. The van der Waals surface area contributed by atoms with E-state index in [2.05, 4.69) is 6.92 Å². The number of unbranched alkanes of at least 4 members (excludes halogenated alkanes) is 2. The third-order valence-electron chi connectivity index (χ3n) is 1.12. The molecule has 0 atom stereocenters. The van der Waals surface area contributed by atoms with Crippen LogP contribution in [0.2, 0.25) is 0 Å².